The van der Waals surface area contributed by atoms with E-state index in [9.17, 15) is 4.79 Å². The first-order valence-corrected chi connectivity index (χ1v) is 5.63. The molecule has 0 amide bonds. The highest BCUT2D eigenvalue weighted by Gasteiger charge is 2.40. The van der Waals surface area contributed by atoms with Crippen molar-refractivity contribution in [3.05, 3.63) is 23.0 Å². The van der Waals surface area contributed by atoms with Gasteiger partial charge in [0, 0.05) is 22.5 Å². The van der Waals surface area contributed by atoms with E-state index >= 15 is 0 Å². The van der Waals surface area contributed by atoms with Gasteiger partial charge in [-0.25, -0.2) is 0 Å². The Balaban J connectivity index is 2.51. The van der Waals surface area contributed by atoms with Gasteiger partial charge in [0.1, 0.15) is 0 Å². The van der Waals surface area contributed by atoms with E-state index in [1.54, 1.807) is 0 Å². The van der Waals surface area contributed by atoms with Gasteiger partial charge in [0.15, 0.2) is 6.29 Å². The van der Waals surface area contributed by atoms with E-state index in [0.717, 1.165) is 23.5 Å². The minimum Gasteiger partial charge on any atom is -0.343 e. The zero-order chi connectivity index (χ0) is 11.2. The molecule has 2 rings (SSSR count). The maximum atomic E-state index is 10.9. The van der Waals surface area contributed by atoms with Crippen molar-refractivity contribution >= 4 is 6.29 Å². The average molecular weight is 205 g/mol. The Labute approximate surface area is 91.3 Å². The molecule has 1 fully saturated rings. The summed E-state index contributed by atoms with van der Waals surface area (Å²) < 4.78 is 2.33. The monoisotopic (exact) mass is 205 g/mol. The number of carbonyl (C=O) groups excluding carboxylic acids is 1. The van der Waals surface area contributed by atoms with Gasteiger partial charge in [-0.2, -0.15) is 0 Å². The lowest BCUT2D eigenvalue weighted by atomic mass is 9.97. The Morgan fingerprint density at radius 2 is 2.00 bits per heavy atom. The summed E-state index contributed by atoms with van der Waals surface area (Å²) in [4.78, 5) is 10.9. The predicted octanol–water partition coefficient (Wildman–Crippen LogP) is 3.06. The molecule has 1 aromatic rings. The fourth-order valence-corrected chi connectivity index (χ4v) is 2.77. The number of hydrogen-bond donors (Lipinski definition) is 0. The quantitative estimate of drug-likeness (QED) is 0.695. The second kappa shape index (κ2) is 3.22. The van der Waals surface area contributed by atoms with Crippen LogP contribution in [0.5, 0.6) is 0 Å². The van der Waals surface area contributed by atoms with E-state index in [1.165, 1.54) is 18.5 Å². The average Bonchev–Trinajstić information content (AvgIpc) is 2.93. The first kappa shape index (κ1) is 10.5. The molecule has 1 aliphatic carbocycles. The maximum absolute atomic E-state index is 10.9. The summed E-state index contributed by atoms with van der Waals surface area (Å²) in [5, 5.41) is 0. The second-order valence-electron chi connectivity index (χ2n) is 5.21. The molecular weight excluding hydrogens is 186 g/mol. The van der Waals surface area contributed by atoms with Crippen LogP contribution in [-0.4, -0.2) is 10.9 Å². The summed E-state index contributed by atoms with van der Waals surface area (Å²) in [5.74, 6) is 0.779. The van der Waals surface area contributed by atoms with Crippen LogP contribution in [0.2, 0.25) is 0 Å². The molecular formula is C13H19NO. The van der Waals surface area contributed by atoms with Gasteiger partial charge in [-0.1, -0.05) is 0 Å². The highest BCUT2D eigenvalue weighted by Crippen LogP contribution is 2.45. The summed E-state index contributed by atoms with van der Waals surface area (Å²) >= 11 is 0. The summed E-state index contributed by atoms with van der Waals surface area (Å²) in [7, 11) is 0. The number of rotatable bonds is 3. The molecule has 15 heavy (non-hydrogen) atoms. The maximum Gasteiger partial charge on any atom is 0.151 e. The van der Waals surface area contributed by atoms with Crippen molar-refractivity contribution in [3.8, 4) is 0 Å². The number of aromatic nitrogens is 1. The van der Waals surface area contributed by atoms with Crippen LogP contribution >= 0.6 is 0 Å². The Kier molecular flexibility index (Phi) is 2.25. The SMILES string of the molecule is Cc1cc(C=O)c(C)n1C(C)(C)C1CC1. The van der Waals surface area contributed by atoms with Gasteiger partial charge in [-0.15, -0.1) is 0 Å². The topological polar surface area (TPSA) is 22.0 Å². The van der Waals surface area contributed by atoms with Gasteiger partial charge in [-0.3, -0.25) is 4.79 Å². The zero-order valence-corrected chi connectivity index (χ0v) is 10.0. The molecule has 82 valence electrons. The van der Waals surface area contributed by atoms with E-state index in [0.29, 0.717) is 0 Å². The highest BCUT2D eigenvalue weighted by molar-refractivity contribution is 5.77. The third-order valence-corrected chi connectivity index (χ3v) is 3.75. The van der Waals surface area contributed by atoms with Gasteiger partial charge in [0.25, 0.3) is 0 Å². The third-order valence-electron chi connectivity index (χ3n) is 3.75. The van der Waals surface area contributed by atoms with E-state index in [4.69, 9.17) is 0 Å². The van der Waals surface area contributed by atoms with Crippen molar-refractivity contribution in [1.82, 2.24) is 4.57 Å². The number of aryl methyl sites for hydroxylation is 1. The van der Waals surface area contributed by atoms with E-state index in [-0.39, 0.29) is 5.54 Å². The normalized spacial score (nSPS) is 16.8. The highest BCUT2D eigenvalue weighted by atomic mass is 16.1. The molecule has 1 saturated carbocycles. The Morgan fingerprint density at radius 3 is 2.40 bits per heavy atom. The first-order chi connectivity index (χ1) is 6.98. The Hall–Kier alpha value is -1.05. The van der Waals surface area contributed by atoms with Crippen molar-refractivity contribution in [2.24, 2.45) is 5.92 Å². The lowest BCUT2D eigenvalue weighted by Gasteiger charge is -2.30. The molecule has 1 aliphatic rings. The smallest absolute Gasteiger partial charge is 0.151 e. The van der Waals surface area contributed by atoms with Gasteiger partial charge < -0.3 is 4.57 Å². The largest absolute Gasteiger partial charge is 0.343 e. The zero-order valence-electron chi connectivity index (χ0n) is 10.0. The first-order valence-electron chi connectivity index (χ1n) is 5.63. The molecule has 0 N–H and O–H groups in total. The van der Waals surface area contributed by atoms with Crippen molar-refractivity contribution < 1.29 is 4.79 Å². The van der Waals surface area contributed by atoms with E-state index in [2.05, 4.69) is 25.3 Å². The van der Waals surface area contributed by atoms with Gasteiger partial charge in [0.2, 0.25) is 0 Å². The summed E-state index contributed by atoms with van der Waals surface area (Å²) in [6.07, 6.45) is 3.60. The van der Waals surface area contributed by atoms with Crippen LogP contribution in [0.4, 0.5) is 0 Å². The second-order valence-corrected chi connectivity index (χ2v) is 5.21. The van der Waals surface area contributed by atoms with Crippen molar-refractivity contribution in [2.75, 3.05) is 0 Å². The molecule has 0 radical (unpaired) electrons. The van der Waals surface area contributed by atoms with Crippen molar-refractivity contribution in [1.29, 1.82) is 0 Å². The molecule has 0 spiro atoms. The fourth-order valence-electron chi connectivity index (χ4n) is 2.77. The lowest BCUT2D eigenvalue weighted by Crippen LogP contribution is -2.30. The van der Waals surface area contributed by atoms with Gasteiger partial charge >= 0.3 is 0 Å². The van der Waals surface area contributed by atoms with Gasteiger partial charge in [0.05, 0.1) is 0 Å². The van der Waals surface area contributed by atoms with Crippen LogP contribution in [-0.2, 0) is 5.54 Å². The summed E-state index contributed by atoms with van der Waals surface area (Å²) in [6, 6.07) is 1.99. The van der Waals surface area contributed by atoms with Crippen LogP contribution in [0.1, 0.15) is 48.4 Å². The molecule has 0 unspecified atom stereocenters. The van der Waals surface area contributed by atoms with E-state index in [1.807, 2.05) is 13.0 Å². The van der Waals surface area contributed by atoms with Crippen LogP contribution < -0.4 is 0 Å². The molecule has 1 heterocycles. The Bertz CT molecular complexity index is 397. The van der Waals surface area contributed by atoms with Crippen LogP contribution in [0.25, 0.3) is 0 Å². The number of nitrogens with zero attached hydrogens (tertiary/aromatic N) is 1. The van der Waals surface area contributed by atoms with Crippen LogP contribution in [0, 0.1) is 19.8 Å². The minimum atomic E-state index is 0.162. The predicted molar refractivity (Wildman–Crippen MR) is 61.3 cm³/mol. The molecule has 0 bridgehead atoms. The van der Waals surface area contributed by atoms with E-state index < -0.39 is 0 Å². The molecule has 0 atom stereocenters. The lowest BCUT2D eigenvalue weighted by molar-refractivity contribution is 0.112. The van der Waals surface area contributed by atoms with Crippen LogP contribution in [0.3, 0.4) is 0 Å². The Morgan fingerprint density at radius 1 is 1.40 bits per heavy atom. The summed E-state index contributed by atoms with van der Waals surface area (Å²) in [6.45, 7) is 8.68. The third kappa shape index (κ3) is 1.52. The molecule has 1 aromatic heterocycles. The minimum absolute atomic E-state index is 0.162. The van der Waals surface area contributed by atoms with Crippen molar-refractivity contribution in [3.63, 3.8) is 0 Å². The molecule has 2 nitrogen and oxygen atoms in total. The molecule has 0 aliphatic heterocycles. The number of hydrogen-bond acceptors (Lipinski definition) is 1. The number of carbonyl (C=O) groups is 1. The van der Waals surface area contributed by atoms with Gasteiger partial charge in [-0.05, 0) is 52.5 Å². The fraction of sp³-hybridized carbons (Fsp3) is 0.615. The molecule has 2 heteroatoms. The number of aldehydes is 1. The molecule has 0 saturated heterocycles. The van der Waals surface area contributed by atoms with Crippen LogP contribution in [0.15, 0.2) is 6.07 Å². The molecule has 0 aromatic carbocycles. The standard InChI is InChI=1S/C13H19NO/c1-9-7-11(8-15)10(2)14(9)13(3,4)12-5-6-12/h7-8,12H,5-6H2,1-4H3. The summed E-state index contributed by atoms with van der Waals surface area (Å²) in [5.41, 5.74) is 3.31. The van der Waals surface area contributed by atoms with Crippen molar-refractivity contribution in [2.45, 2.75) is 46.1 Å².